The lowest BCUT2D eigenvalue weighted by atomic mass is 10.0. The lowest BCUT2D eigenvalue weighted by molar-refractivity contribution is -0.145. The summed E-state index contributed by atoms with van der Waals surface area (Å²) in [5, 5.41) is 18.2. The minimum Gasteiger partial charge on any atom is -0.481 e. The van der Waals surface area contributed by atoms with E-state index in [1.807, 2.05) is 0 Å². The van der Waals surface area contributed by atoms with Gasteiger partial charge in [-0.3, -0.25) is 4.79 Å². The van der Waals surface area contributed by atoms with Gasteiger partial charge in [0, 0.05) is 10.4 Å². The van der Waals surface area contributed by atoms with Crippen LogP contribution in [0.15, 0.2) is 64.0 Å². The molecule has 1 fully saturated rings. The Hall–Kier alpha value is -1.70. The van der Waals surface area contributed by atoms with Crippen molar-refractivity contribution in [2.75, 3.05) is 6.61 Å². The Labute approximate surface area is 148 Å². The fraction of sp³-hybridized carbons (Fsp3) is 0.235. The van der Waals surface area contributed by atoms with Crippen molar-refractivity contribution in [2.24, 2.45) is 5.41 Å². The largest absolute Gasteiger partial charge is 0.481 e. The summed E-state index contributed by atoms with van der Waals surface area (Å²) in [6, 6.07) is 14.6. The fourth-order valence-electron chi connectivity index (χ4n) is 3.27. The van der Waals surface area contributed by atoms with Gasteiger partial charge in [0.25, 0.3) is 0 Å². The Morgan fingerprint density at radius 3 is 2.17 bits per heavy atom. The first kappa shape index (κ1) is 17.1. The normalized spacial score (nSPS) is 26.1. The maximum Gasteiger partial charge on any atom is 0.314 e. The number of halogens is 1. The van der Waals surface area contributed by atoms with E-state index in [2.05, 4.69) is 15.9 Å². The molecule has 7 heteroatoms. The Balaban J connectivity index is 2.11. The second-order valence-electron chi connectivity index (χ2n) is 5.81. The number of aliphatic carboxylic acids is 1. The highest BCUT2D eigenvalue weighted by Crippen LogP contribution is 2.64. The Morgan fingerprint density at radius 2 is 1.67 bits per heavy atom. The van der Waals surface area contributed by atoms with Crippen molar-refractivity contribution in [1.82, 2.24) is 0 Å². The summed E-state index contributed by atoms with van der Waals surface area (Å²) in [7, 11) is -3.89. The summed E-state index contributed by atoms with van der Waals surface area (Å²) in [5.41, 5.74) is -1.14. The molecule has 126 valence electrons. The molecule has 1 aliphatic carbocycles. The van der Waals surface area contributed by atoms with Crippen LogP contribution in [0, 0.1) is 5.41 Å². The number of hydrogen-bond acceptors (Lipinski definition) is 4. The number of hydrogen-bond donors (Lipinski definition) is 2. The lowest BCUT2D eigenvalue weighted by Gasteiger charge is -2.09. The SMILES string of the molecule is O=C(O)[C@]1(CO)[C@H](c2ccc(Br)cc2)[C@@H]1S(=O)(=O)c1ccccc1. The van der Waals surface area contributed by atoms with E-state index >= 15 is 0 Å². The average Bonchev–Trinajstić information content (AvgIpc) is 3.28. The molecule has 3 atom stereocenters. The second kappa shape index (κ2) is 5.98. The minimum atomic E-state index is -3.89. The van der Waals surface area contributed by atoms with E-state index in [0.29, 0.717) is 5.56 Å². The topological polar surface area (TPSA) is 91.7 Å². The van der Waals surface area contributed by atoms with Crippen molar-refractivity contribution in [2.45, 2.75) is 16.1 Å². The predicted molar refractivity (Wildman–Crippen MR) is 91.5 cm³/mol. The van der Waals surface area contributed by atoms with Crippen LogP contribution in [-0.2, 0) is 14.6 Å². The molecule has 0 spiro atoms. The molecular formula is C17H15BrO5S. The van der Waals surface area contributed by atoms with Crippen LogP contribution in [0.4, 0.5) is 0 Å². The molecule has 0 amide bonds. The van der Waals surface area contributed by atoms with Crippen LogP contribution in [0.1, 0.15) is 11.5 Å². The van der Waals surface area contributed by atoms with Gasteiger partial charge in [-0.05, 0) is 29.8 Å². The van der Waals surface area contributed by atoms with Gasteiger partial charge >= 0.3 is 5.97 Å². The maximum absolute atomic E-state index is 12.9. The van der Waals surface area contributed by atoms with Gasteiger partial charge < -0.3 is 10.2 Å². The first-order chi connectivity index (χ1) is 11.4. The molecule has 0 saturated heterocycles. The highest BCUT2D eigenvalue weighted by atomic mass is 79.9. The number of rotatable bonds is 5. The van der Waals surface area contributed by atoms with E-state index in [-0.39, 0.29) is 4.90 Å². The molecular weight excluding hydrogens is 396 g/mol. The molecule has 0 heterocycles. The highest BCUT2D eigenvalue weighted by Gasteiger charge is 2.75. The molecule has 0 aliphatic heterocycles. The average molecular weight is 411 g/mol. The number of benzene rings is 2. The van der Waals surface area contributed by atoms with E-state index in [9.17, 15) is 23.4 Å². The third-order valence-corrected chi connectivity index (χ3v) is 7.37. The van der Waals surface area contributed by atoms with Crippen molar-refractivity contribution in [3.05, 3.63) is 64.6 Å². The monoisotopic (exact) mass is 410 g/mol. The fourth-order valence-corrected chi connectivity index (χ4v) is 5.92. The van der Waals surface area contributed by atoms with Crippen LogP contribution in [-0.4, -0.2) is 36.5 Å². The lowest BCUT2D eigenvalue weighted by Crippen LogP contribution is -2.27. The Morgan fingerprint density at radius 1 is 1.08 bits per heavy atom. The molecule has 5 nitrogen and oxygen atoms in total. The van der Waals surface area contributed by atoms with Gasteiger partial charge in [-0.25, -0.2) is 8.42 Å². The van der Waals surface area contributed by atoms with Gasteiger partial charge in [0.1, 0.15) is 5.41 Å². The van der Waals surface area contributed by atoms with Crippen molar-refractivity contribution >= 4 is 31.7 Å². The van der Waals surface area contributed by atoms with Gasteiger partial charge in [-0.1, -0.05) is 46.3 Å². The molecule has 24 heavy (non-hydrogen) atoms. The standard InChI is InChI=1S/C17H15BrO5S/c18-12-8-6-11(7-9-12)14-15(17(14,10-19)16(20)21)24(22,23)13-4-2-1-3-5-13/h1-9,14-15,19H,10H2,(H,20,21)/t14-,15+,17-/m1/s1. The van der Waals surface area contributed by atoms with E-state index < -0.39 is 39.0 Å². The zero-order valence-electron chi connectivity index (χ0n) is 12.5. The number of carbonyl (C=O) groups is 1. The van der Waals surface area contributed by atoms with E-state index in [1.165, 1.54) is 12.1 Å². The summed E-state index contributed by atoms with van der Waals surface area (Å²) in [5.74, 6) is -2.10. The molecule has 2 N–H and O–H groups in total. The van der Waals surface area contributed by atoms with Crippen LogP contribution < -0.4 is 0 Å². The number of aliphatic hydroxyl groups excluding tert-OH is 1. The molecule has 1 aliphatic rings. The number of carboxylic acid groups (broad SMARTS) is 1. The van der Waals surface area contributed by atoms with Crippen LogP contribution in [0.3, 0.4) is 0 Å². The molecule has 2 aromatic carbocycles. The summed E-state index contributed by atoms with van der Waals surface area (Å²) in [4.78, 5) is 11.9. The highest BCUT2D eigenvalue weighted by molar-refractivity contribution is 9.10. The van der Waals surface area contributed by atoms with Crippen molar-refractivity contribution in [3.63, 3.8) is 0 Å². The minimum absolute atomic E-state index is 0.0636. The zero-order chi connectivity index (χ0) is 17.5. The summed E-state index contributed by atoms with van der Waals surface area (Å²) >= 11 is 3.30. The smallest absolute Gasteiger partial charge is 0.314 e. The van der Waals surface area contributed by atoms with Gasteiger partial charge in [0.05, 0.1) is 16.8 Å². The molecule has 3 rings (SSSR count). The van der Waals surface area contributed by atoms with Crippen LogP contribution in [0.5, 0.6) is 0 Å². The first-order valence-corrected chi connectivity index (χ1v) is 9.58. The van der Waals surface area contributed by atoms with Crippen molar-refractivity contribution in [3.8, 4) is 0 Å². The number of aliphatic hydroxyl groups is 1. The molecule has 0 bridgehead atoms. The second-order valence-corrected chi connectivity index (χ2v) is 8.80. The van der Waals surface area contributed by atoms with Crippen LogP contribution >= 0.6 is 15.9 Å². The van der Waals surface area contributed by atoms with Crippen LogP contribution in [0.2, 0.25) is 0 Å². The van der Waals surface area contributed by atoms with Gasteiger partial charge in [-0.15, -0.1) is 0 Å². The third-order valence-electron chi connectivity index (χ3n) is 4.55. The summed E-state index contributed by atoms with van der Waals surface area (Å²) in [6.45, 7) is -0.736. The van der Waals surface area contributed by atoms with Crippen LogP contribution in [0.25, 0.3) is 0 Å². The molecule has 0 aromatic heterocycles. The van der Waals surface area contributed by atoms with E-state index in [0.717, 1.165) is 4.47 Å². The zero-order valence-corrected chi connectivity index (χ0v) is 14.9. The van der Waals surface area contributed by atoms with E-state index in [4.69, 9.17) is 0 Å². The molecule has 1 saturated carbocycles. The molecule has 0 unspecified atom stereocenters. The quantitative estimate of drug-likeness (QED) is 0.789. The van der Waals surface area contributed by atoms with Crippen molar-refractivity contribution < 1.29 is 23.4 Å². The van der Waals surface area contributed by atoms with Gasteiger partial charge in [0.2, 0.25) is 0 Å². The van der Waals surface area contributed by atoms with E-state index in [1.54, 1.807) is 42.5 Å². The Bertz CT molecular complexity index is 864. The molecule has 0 radical (unpaired) electrons. The third kappa shape index (κ3) is 2.47. The first-order valence-electron chi connectivity index (χ1n) is 7.24. The van der Waals surface area contributed by atoms with Gasteiger partial charge in [0.15, 0.2) is 9.84 Å². The van der Waals surface area contributed by atoms with Crippen molar-refractivity contribution in [1.29, 1.82) is 0 Å². The van der Waals surface area contributed by atoms with Gasteiger partial charge in [-0.2, -0.15) is 0 Å². The molecule has 2 aromatic rings. The number of carboxylic acids is 1. The maximum atomic E-state index is 12.9. The predicted octanol–water partition coefficient (Wildman–Crippen LogP) is 2.45. The summed E-state index contributed by atoms with van der Waals surface area (Å²) < 4.78 is 26.7. The Kier molecular flexibility index (Phi) is 4.27. The number of sulfone groups is 1. The summed E-state index contributed by atoms with van der Waals surface area (Å²) in [6.07, 6.45) is 0.